The van der Waals surface area contributed by atoms with E-state index in [2.05, 4.69) is 13.5 Å². The second-order valence-electron chi connectivity index (χ2n) is 6.86. The third kappa shape index (κ3) is 3.86. The first-order valence-electron chi connectivity index (χ1n) is 9.52. The van der Waals surface area contributed by atoms with Gasteiger partial charge in [0, 0.05) is 23.9 Å². The van der Waals surface area contributed by atoms with Gasteiger partial charge in [-0.05, 0) is 24.3 Å². The molecule has 0 fully saturated rings. The molecular formula is C22H17N5O2S2. The Balaban J connectivity index is 1.51. The summed E-state index contributed by atoms with van der Waals surface area (Å²) < 4.78 is 38.8. The maximum atomic E-state index is 13.0. The molecule has 0 aliphatic carbocycles. The van der Waals surface area contributed by atoms with Crippen molar-refractivity contribution < 1.29 is 8.42 Å². The normalized spacial score (nSPS) is 11.7. The fraction of sp³-hybridized carbons (Fsp3) is 0.0455. The molecule has 0 saturated carbocycles. The molecule has 0 aliphatic heterocycles. The summed E-state index contributed by atoms with van der Waals surface area (Å²) in [6, 6.07) is 24.4. The highest BCUT2D eigenvalue weighted by Gasteiger charge is 2.21. The van der Waals surface area contributed by atoms with E-state index >= 15 is 0 Å². The monoisotopic (exact) mass is 447 g/mol. The summed E-state index contributed by atoms with van der Waals surface area (Å²) in [4.78, 5) is 0.121. The Morgan fingerprint density at radius 3 is 2.39 bits per heavy atom. The molecule has 1 N–H and O–H groups in total. The number of hydrogen-bond acceptors (Lipinski definition) is 6. The van der Waals surface area contributed by atoms with Crippen LogP contribution in [0.5, 0.6) is 0 Å². The van der Waals surface area contributed by atoms with Gasteiger partial charge in [0.2, 0.25) is 10.0 Å². The minimum absolute atomic E-state index is 0.0906. The highest BCUT2D eigenvalue weighted by molar-refractivity contribution is 7.89. The number of para-hydroxylation sites is 1. The highest BCUT2D eigenvalue weighted by Crippen LogP contribution is 2.25. The number of hydrogen-bond donors (Lipinski definition) is 1. The number of fused-ring (bicyclic) bond motifs is 1. The molecule has 0 radical (unpaired) electrons. The van der Waals surface area contributed by atoms with Crippen molar-refractivity contribution in [2.24, 2.45) is 0 Å². The van der Waals surface area contributed by atoms with Crippen LogP contribution in [0.15, 0.2) is 90.0 Å². The van der Waals surface area contributed by atoms with Gasteiger partial charge < -0.3 is 0 Å². The summed E-state index contributed by atoms with van der Waals surface area (Å²) in [5, 5.41) is 4.73. The molecule has 0 aliphatic rings. The number of aromatic nitrogens is 4. The molecule has 0 saturated heterocycles. The molecule has 2 aromatic heterocycles. The molecule has 31 heavy (non-hydrogen) atoms. The van der Waals surface area contributed by atoms with Gasteiger partial charge in [-0.1, -0.05) is 54.6 Å². The molecule has 3 aromatic carbocycles. The summed E-state index contributed by atoms with van der Waals surface area (Å²) >= 11 is 0.993. The molecule has 9 heteroatoms. The quantitative estimate of drug-likeness (QED) is 0.425. The van der Waals surface area contributed by atoms with Crippen molar-refractivity contribution in [3.05, 3.63) is 90.6 Å². The van der Waals surface area contributed by atoms with Crippen LogP contribution in [0.3, 0.4) is 0 Å². The molecule has 0 unspecified atom stereocenters. The number of rotatable bonds is 6. The zero-order valence-corrected chi connectivity index (χ0v) is 17.8. The summed E-state index contributed by atoms with van der Waals surface area (Å²) in [6.07, 6.45) is 1.85. The second kappa shape index (κ2) is 8.03. The van der Waals surface area contributed by atoms with E-state index in [9.17, 15) is 8.42 Å². The van der Waals surface area contributed by atoms with E-state index in [0.29, 0.717) is 11.0 Å². The van der Waals surface area contributed by atoms with Gasteiger partial charge in [-0.25, -0.2) is 17.8 Å². The molecule has 5 aromatic rings. The Morgan fingerprint density at radius 1 is 0.871 bits per heavy atom. The Kier molecular flexibility index (Phi) is 5.06. The van der Waals surface area contributed by atoms with Crippen molar-refractivity contribution in [3.8, 4) is 16.9 Å². The van der Waals surface area contributed by atoms with Crippen molar-refractivity contribution >= 4 is 32.8 Å². The van der Waals surface area contributed by atoms with E-state index in [-0.39, 0.29) is 11.4 Å². The average Bonchev–Trinajstić information content (AvgIpc) is 3.46. The largest absolute Gasteiger partial charge is 0.243 e. The Hall–Kier alpha value is -3.40. The van der Waals surface area contributed by atoms with Crippen molar-refractivity contribution in [1.29, 1.82) is 0 Å². The summed E-state index contributed by atoms with van der Waals surface area (Å²) in [7, 11) is -3.79. The minimum Gasteiger partial charge on any atom is -0.240 e. The van der Waals surface area contributed by atoms with Crippen LogP contribution in [0.25, 0.3) is 28.0 Å². The van der Waals surface area contributed by atoms with Gasteiger partial charge in [0.25, 0.3) is 0 Å². The smallest absolute Gasteiger partial charge is 0.240 e. The van der Waals surface area contributed by atoms with Crippen LogP contribution in [-0.4, -0.2) is 26.9 Å². The standard InChI is InChI=1S/C22H17N5O2S2/c28-31(29,20-13-7-12-19-22(20)26-30-25-19)23-14-17-15-27(18-10-5-2-6-11-18)24-21(17)16-8-3-1-4-9-16/h1-13,15,23H,14H2. The first-order valence-corrected chi connectivity index (χ1v) is 11.7. The fourth-order valence-electron chi connectivity index (χ4n) is 3.34. The van der Waals surface area contributed by atoms with Gasteiger partial charge >= 0.3 is 0 Å². The minimum atomic E-state index is -3.79. The van der Waals surface area contributed by atoms with E-state index < -0.39 is 10.0 Å². The van der Waals surface area contributed by atoms with Crippen LogP contribution in [0.2, 0.25) is 0 Å². The van der Waals surface area contributed by atoms with E-state index in [1.165, 1.54) is 6.07 Å². The molecule has 0 atom stereocenters. The molecule has 5 rings (SSSR count). The van der Waals surface area contributed by atoms with Gasteiger partial charge in [0.1, 0.15) is 15.9 Å². The average molecular weight is 448 g/mol. The van der Waals surface area contributed by atoms with Crippen molar-refractivity contribution in [2.75, 3.05) is 0 Å². The lowest BCUT2D eigenvalue weighted by molar-refractivity contribution is 0.582. The third-order valence-corrected chi connectivity index (χ3v) is 6.82. The zero-order valence-electron chi connectivity index (χ0n) is 16.2. The SMILES string of the molecule is O=S(=O)(NCc1cn(-c2ccccc2)nc1-c1ccccc1)c1cccc2nsnc12. The van der Waals surface area contributed by atoms with Crippen molar-refractivity contribution in [1.82, 2.24) is 23.2 Å². The van der Waals surface area contributed by atoms with Crippen molar-refractivity contribution in [3.63, 3.8) is 0 Å². The van der Waals surface area contributed by atoms with Crippen LogP contribution in [0.4, 0.5) is 0 Å². The Labute approximate surface area is 183 Å². The van der Waals surface area contributed by atoms with E-state index in [1.54, 1.807) is 16.8 Å². The second-order valence-corrected chi connectivity index (χ2v) is 9.13. The van der Waals surface area contributed by atoms with E-state index in [4.69, 9.17) is 5.10 Å². The van der Waals surface area contributed by atoms with E-state index in [1.807, 2.05) is 66.9 Å². The molecule has 2 heterocycles. The highest BCUT2D eigenvalue weighted by atomic mass is 32.2. The number of benzene rings is 3. The molecule has 0 spiro atoms. The lowest BCUT2D eigenvalue weighted by atomic mass is 10.1. The van der Waals surface area contributed by atoms with Gasteiger partial charge in [0.15, 0.2) is 0 Å². The predicted molar refractivity (Wildman–Crippen MR) is 120 cm³/mol. The molecule has 7 nitrogen and oxygen atoms in total. The summed E-state index contributed by atoms with van der Waals surface area (Å²) in [5.74, 6) is 0. The Morgan fingerprint density at radius 2 is 1.61 bits per heavy atom. The zero-order chi connectivity index (χ0) is 21.3. The first kappa shape index (κ1) is 19.6. The summed E-state index contributed by atoms with van der Waals surface area (Å²) in [5.41, 5.74) is 4.24. The third-order valence-electron chi connectivity index (χ3n) is 4.85. The number of nitrogens with zero attached hydrogens (tertiary/aromatic N) is 4. The number of nitrogens with one attached hydrogen (secondary N) is 1. The van der Waals surface area contributed by atoms with Gasteiger partial charge in [-0.2, -0.15) is 13.8 Å². The van der Waals surface area contributed by atoms with Crippen LogP contribution >= 0.6 is 11.7 Å². The maximum Gasteiger partial charge on any atom is 0.243 e. The lowest BCUT2D eigenvalue weighted by Gasteiger charge is -2.07. The van der Waals surface area contributed by atoms with E-state index in [0.717, 1.165) is 34.2 Å². The van der Waals surface area contributed by atoms with Crippen LogP contribution < -0.4 is 4.72 Å². The van der Waals surface area contributed by atoms with Crippen molar-refractivity contribution in [2.45, 2.75) is 11.4 Å². The first-order chi connectivity index (χ1) is 15.1. The molecule has 0 amide bonds. The van der Waals surface area contributed by atoms with Gasteiger partial charge in [0.05, 0.1) is 23.1 Å². The van der Waals surface area contributed by atoms with Crippen LogP contribution in [0, 0.1) is 0 Å². The maximum absolute atomic E-state index is 13.0. The molecule has 0 bridgehead atoms. The lowest BCUT2D eigenvalue weighted by Crippen LogP contribution is -2.23. The molecular weight excluding hydrogens is 430 g/mol. The topological polar surface area (TPSA) is 89.8 Å². The number of sulfonamides is 1. The van der Waals surface area contributed by atoms with Gasteiger partial charge in [-0.15, -0.1) is 0 Å². The van der Waals surface area contributed by atoms with Crippen LogP contribution in [-0.2, 0) is 16.6 Å². The van der Waals surface area contributed by atoms with Crippen LogP contribution in [0.1, 0.15) is 5.56 Å². The predicted octanol–water partition coefficient (Wildman–Crippen LogP) is 4.02. The molecule has 154 valence electrons. The van der Waals surface area contributed by atoms with Gasteiger partial charge in [-0.3, -0.25) is 0 Å². The Bertz CT molecular complexity index is 1450. The summed E-state index contributed by atoms with van der Waals surface area (Å²) in [6.45, 7) is 0.0906. The fourth-order valence-corrected chi connectivity index (χ4v) is 5.11.